The number of hydrogen-bond acceptors (Lipinski definition) is 6. The Bertz CT molecular complexity index is 1020. The number of rotatable bonds is 4. The lowest BCUT2D eigenvalue weighted by Crippen LogP contribution is -2.44. The van der Waals surface area contributed by atoms with Gasteiger partial charge in [-0.15, -0.1) is 0 Å². The first-order valence-corrected chi connectivity index (χ1v) is 9.18. The van der Waals surface area contributed by atoms with E-state index in [1.165, 1.54) is 11.7 Å². The van der Waals surface area contributed by atoms with Crippen LogP contribution in [-0.4, -0.2) is 35.5 Å². The third-order valence-corrected chi connectivity index (χ3v) is 5.69. The normalized spacial score (nSPS) is 21.0. The summed E-state index contributed by atoms with van der Waals surface area (Å²) in [5, 5.41) is 0.0463. The van der Waals surface area contributed by atoms with Crippen molar-refractivity contribution >= 4 is 16.6 Å². The van der Waals surface area contributed by atoms with Gasteiger partial charge in [-0.05, 0) is 38.2 Å². The van der Waals surface area contributed by atoms with E-state index in [0.717, 1.165) is 25.3 Å². The average Bonchev–Trinajstić information content (AvgIpc) is 3.35. The minimum Gasteiger partial charge on any atom is -0.492 e. The van der Waals surface area contributed by atoms with E-state index in [0.29, 0.717) is 23.3 Å². The SMILES string of the molecule is COc1c(N2CC[C@@H](C(C)N)C2)c(F)cc2c(=O)n(N)c(=O)n(C3CC3)c12. The molecule has 2 fully saturated rings. The number of hydrogen-bond donors (Lipinski definition) is 2. The van der Waals surface area contributed by atoms with Crippen molar-refractivity contribution in [2.75, 3.05) is 30.9 Å². The van der Waals surface area contributed by atoms with Crippen molar-refractivity contribution in [3.63, 3.8) is 0 Å². The third-order valence-electron chi connectivity index (χ3n) is 5.69. The Morgan fingerprint density at radius 3 is 2.56 bits per heavy atom. The van der Waals surface area contributed by atoms with Gasteiger partial charge in [0.25, 0.3) is 5.56 Å². The molecule has 9 heteroatoms. The number of aromatic nitrogens is 2. The van der Waals surface area contributed by atoms with E-state index in [4.69, 9.17) is 16.3 Å². The maximum Gasteiger partial charge on any atom is 0.350 e. The van der Waals surface area contributed by atoms with Crippen molar-refractivity contribution in [1.29, 1.82) is 0 Å². The van der Waals surface area contributed by atoms with Crippen LogP contribution >= 0.6 is 0 Å². The zero-order valence-corrected chi connectivity index (χ0v) is 15.4. The molecule has 0 amide bonds. The number of fused-ring (bicyclic) bond motifs is 1. The molecule has 1 aromatic heterocycles. The number of methoxy groups -OCH3 is 1. The van der Waals surface area contributed by atoms with E-state index in [1.807, 2.05) is 11.8 Å². The monoisotopic (exact) mass is 377 g/mol. The second-order valence-electron chi connectivity index (χ2n) is 7.55. The molecule has 0 radical (unpaired) electrons. The van der Waals surface area contributed by atoms with Gasteiger partial charge in [-0.25, -0.2) is 9.18 Å². The van der Waals surface area contributed by atoms with Crippen LogP contribution in [0.2, 0.25) is 0 Å². The van der Waals surface area contributed by atoms with Crippen molar-refractivity contribution in [1.82, 2.24) is 9.24 Å². The molecule has 8 nitrogen and oxygen atoms in total. The van der Waals surface area contributed by atoms with Crippen molar-refractivity contribution < 1.29 is 9.13 Å². The zero-order chi connectivity index (χ0) is 19.5. The molecule has 4 rings (SSSR count). The molecule has 1 unspecified atom stereocenters. The van der Waals surface area contributed by atoms with E-state index in [2.05, 4.69) is 0 Å². The first-order chi connectivity index (χ1) is 12.8. The van der Waals surface area contributed by atoms with E-state index in [1.54, 1.807) is 0 Å². The number of nitrogens with zero attached hydrogens (tertiary/aromatic N) is 3. The van der Waals surface area contributed by atoms with Gasteiger partial charge in [0.2, 0.25) is 0 Å². The predicted molar refractivity (Wildman–Crippen MR) is 101 cm³/mol. The lowest BCUT2D eigenvalue weighted by Gasteiger charge is -2.25. The lowest BCUT2D eigenvalue weighted by atomic mass is 10.0. The smallest absolute Gasteiger partial charge is 0.350 e. The highest BCUT2D eigenvalue weighted by Crippen LogP contribution is 2.43. The summed E-state index contributed by atoms with van der Waals surface area (Å²) < 4.78 is 22.6. The van der Waals surface area contributed by atoms with Crippen LogP contribution in [0.4, 0.5) is 10.1 Å². The highest BCUT2D eigenvalue weighted by Gasteiger charge is 2.34. The molecule has 1 aliphatic carbocycles. The largest absolute Gasteiger partial charge is 0.492 e. The van der Waals surface area contributed by atoms with Crippen LogP contribution in [0.25, 0.3) is 10.9 Å². The third kappa shape index (κ3) is 2.68. The Kier molecular flexibility index (Phi) is 4.14. The standard InChI is InChI=1S/C18H24FN5O3/c1-9(20)10-5-6-22(8-10)15-13(19)7-12-14(16(15)27-2)23(11-3-4-11)18(26)24(21)17(12)25/h7,9-11H,3-6,8,20-21H2,1-2H3/t9?,10-/m1/s1. The van der Waals surface area contributed by atoms with Gasteiger partial charge in [0, 0.05) is 25.2 Å². The lowest BCUT2D eigenvalue weighted by molar-refractivity contribution is 0.412. The van der Waals surface area contributed by atoms with Gasteiger partial charge in [0.1, 0.15) is 11.2 Å². The molecule has 4 N–H and O–H groups in total. The highest BCUT2D eigenvalue weighted by molar-refractivity contribution is 5.91. The molecule has 146 valence electrons. The molecule has 0 bridgehead atoms. The van der Waals surface area contributed by atoms with E-state index in [9.17, 15) is 9.59 Å². The fraction of sp³-hybridized carbons (Fsp3) is 0.556. The van der Waals surface area contributed by atoms with Gasteiger partial charge < -0.3 is 21.2 Å². The van der Waals surface area contributed by atoms with Gasteiger partial charge in [-0.2, -0.15) is 4.68 Å². The molecular weight excluding hydrogens is 353 g/mol. The summed E-state index contributed by atoms with van der Waals surface area (Å²) in [7, 11) is 1.42. The van der Waals surface area contributed by atoms with Crippen LogP contribution in [0.1, 0.15) is 32.2 Å². The quantitative estimate of drug-likeness (QED) is 0.753. The summed E-state index contributed by atoms with van der Waals surface area (Å²) in [5.41, 5.74) is 5.26. The molecule has 1 saturated heterocycles. The molecule has 1 aliphatic heterocycles. The second kappa shape index (κ2) is 6.26. The summed E-state index contributed by atoms with van der Waals surface area (Å²) in [5.74, 6) is 5.53. The molecule has 2 aromatic rings. The molecule has 2 heterocycles. The topological polar surface area (TPSA) is 109 Å². The van der Waals surface area contributed by atoms with Crippen LogP contribution in [-0.2, 0) is 0 Å². The summed E-state index contributed by atoms with van der Waals surface area (Å²) in [6.45, 7) is 3.17. The van der Waals surface area contributed by atoms with Gasteiger partial charge in [-0.1, -0.05) is 0 Å². The van der Waals surface area contributed by atoms with Crippen LogP contribution in [0, 0.1) is 11.7 Å². The van der Waals surface area contributed by atoms with Crippen LogP contribution in [0.15, 0.2) is 15.7 Å². The number of anilines is 1. The maximum absolute atomic E-state index is 15.1. The van der Waals surface area contributed by atoms with Crippen molar-refractivity contribution in [2.45, 2.75) is 38.3 Å². The summed E-state index contributed by atoms with van der Waals surface area (Å²) in [4.78, 5) is 27.0. The Labute approximate surface area is 155 Å². The molecule has 27 heavy (non-hydrogen) atoms. The highest BCUT2D eigenvalue weighted by atomic mass is 19.1. The van der Waals surface area contributed by atoms with Crippen LogP contribution in [0.3, 0.4) is 0 Å². The predicted octanol–water partition coefficient (Wildman–Crippen LogP) is 0.533. The Morgan fingerprint density at radius 1 is 1.30 bits per heavy atom. The summed E-state index contributed by atoms with van der Waals surface area (Å²) in [6, 6.07) is 1.10. The molecule has 1 saturated carbocycles. The fourth-order valence-corrected chi connectivity index (χ4v) is 4.02. The minimum atomic E-state index is -0.731. The number of nitrogen functional groups attached to an aromatic ring is 1. The van der Waals surface area contributed by atoms with Crippen LogP contribution < -0.4 is 32.5 Å². The molecule has 2 atom stereocenters. The zero-order valence-electron chi connectivity index (χ0n) is 15.4. The fourth-order valence-electron chi connectivity index (χ4n) is 4.02. The number of ether oxygens (including phenoxy) is 1. The van der Waals surface area contributed by atoms with Gasteiger partial charge >= 0.3 is 5.69 Å². The molecule has 2 aliphatic rings. The number of nitrogens with two attached hydrogens (primary N) is 2. The minimum absolute atomic E-state index is 0.00130. The van der Waals surface area contributed by atoms with Crippen LogP contribution in [0.5, 0.6) is 5.75 Å². The van der Waals surface area contributed by atoms with Gasteiger partial charge in [0.15, 0.2) is 11.6 Å². The van der Waals surface area contributed by atoms with E-state index in [-0.39, 0.29) is 34.8 Å². The van der Waals surface area contributed by atoms with Gasteiger partial charge in [-0.3, -0.25) is 9.36 Å². The maximum atomic E-state index is 15.1. The molecule has 0 spiro atoms. The Balaban J connectivity index is 2.01. The first-order valence-electron chi connectivity index (χ1n) is 9.18. The van der Waals surface area contributed by atoms with E-state index >= 15 is 4.39 Å². The summed E-state index contributed by atoms with van der Waals surface area (Å²) >= 11 is 0. The first kappa shape index (κ1) is 17.8. The second-order valence-corrected chi connectivity index (χ2v) is 7.55. The Hall–Kier alpha value is -2.55. The molecular formula is C18H24FN5O3. The molecule has 1 aromatic carbocycles. The van der Waals surface area contributed by atoms with Crippen molar-refractivity contribution in [3.8, 4) is 5.75 Å². The van der Waals surface area contributed by atoms with E-state index < -0.39 is 17.1 Å². The van der Waals surface area contributed by atoms with Crippen molar-refractivity contribution in [3.05, 3.63) is 32.7 Å². The summed E-state index contributed by atoms with van der Waals surface area (Å²) in [6.07, 6.45) is 2.46. The number of benzene rings is 1. The number of halogens is 1. The Morgan fingerprint density at radius 2 is 2.00 bits per heavy atom. The average molecular weight is 377 g/mol. The van der Waals surface area contributed by atoms with Crippen molar-refractivity contribution in [2.24, 2.45) is 11.7 Å². The van der Waals surface area contributed by atoms with Gasteiger partial charge in [0.05, 0.1) is 12.5 Å².